The van der Waals surface area contributed by atoms with Crippen LogP contribution in [0.1, 0.15) is 0 Å². The second kappa shape index (κ2) is 7.04. The molecule has 2 rings (SSSR count). The topological polar surface area (TPSA) is 147 Å². The normalized spacial score (nSPS) is 12.1. The second-order valence-electron chi connectivity index (χ2n) is 4.88. The Bertz CT molecular complexity index is 936. The molecule has 0 aliphatic carbocycles. The first kappa shape index (κ1) is 18.0. The summed E-state index contributed by atoms with van der Waals surface area (Å²) in [7, 11) is 0. The number of aromatic nitrogens is 2. The number of nitrogens with zero attached hydrogens (tertiary/aromatic N) is 1. The summed E-state index contributed by atoms with van der Waals surface area (Å²) in [6, 6.07) is 1.39. The average Bonchev–Trinajstić information content (AvgIpc) is 2.47. The van der Waals surface area contributed by atoms with E-state index in [1.807, 2.05) is 0 Å². The van der Waals surface area contributed by atoms with E-state index in [2.05, 4.69) is 10.3 Å². The zero-order valence-corrected chi connectivity index (χ0v) is 13.5. The molecule has 128 valence electrons. The van der Waals surface area contributed by atoms with Gasteiger partial charge >= 0.3 is 11.7 Å². The highest BCUT2D eigenvalue weighted by atomic mass is 35.5. The molecular weight excluding hydrogens is 363 g/mol. The summed E-state index contributed by atoms with van der Waals surface area (Å²) in [6.45, 7) is -0.791. The van der Waals surface area contributed by atoms with E-state index in [0.29, 0.717) is 0 Å². The molecule has 0 fully saturated rings. The van der Waals surface area contributed by atoms with Gasteiger partial charge in [0.15, 0.2) is 0 Å². The summed E-state index contributed by atoms with van der Waals surface area (Å²) in [5, 5.41) is 11.2. The van der Waals surface area contributed by atoms with Crippen LogP contribution in [0, 0.1) is 0 Å². The Hall–Kier alpha value is -2.36. The molecule has 0 bridgehead atoms. The lowest BCUT2D eigenvalue weighted by Gasteiger charge is -2.12. The maximum Gasteiger partial charge on any atom is 0.329 e. The van der Waals surface area contributed by atoms with Gasteiger partial charge in [0.2, 0.25) is 5.91 Å². The number of carbonyl (C=O) groups is 2. The second-order valence-corrected chi connectivity index (χ2v) is 5.72. The quantitative estimate of drug-likeness (QED) is 0.555. The number of nitrogens with one attached hydrogen (secondary N) is 2. The molecular formula is C13H12Cl2N4O5. The lowest BCUT2D eigenvalue weighted by molar-refractivity contribution is -0.138. The largest absolute Gasteiger partial charge is 0.480 e. The molecule has 1 amide bonds. The number of carboxylic acid groups (broad SMARTS) is 1. The molecule has 1 atom stereocenters. The van der Waals surface area contributed by atoms with E-state index in [1.54, 1.807) is 0 Å². The third-order valence-corrected chi connectivity index (χ3v) is 3.67. The zero-order chi connectivity index (χ0) is 18.0. The van der Waals surface area contributed by atoms with Crippen molar-refractivity contribution in [3.63, 3.8) is 0 Å². The van der Waals surface area contributed by atoms with Crippen LogP contribution >= 0.6 is 23.2 Å². The highest BCUT2D eigenvalue weighted by molar-refractivity contribution is 6.38. The van der Waals surface area contributed by atoms with Crippen LogP contribution in [0.2, 0.25) is 10.0 Å². The lowest BCUT2D eigenvalue weighted by atomic mass is 10.2. The fourth-order valence-corrected chi connectivity index (χ4v) is 2.57. The minimum atomic E-state index is -1.28. The standard InChI is InChI=1S/C13H12Cl2N4O5/c14-5-1-6(15)10-8(2-5)19(13(24)18-11(10)21)4-9(20)17-3-7(16)12(22)23/h1-2,7H,3-4,16H2,(H,17,20)(H,22,23)(H,18,21,24)/t7-/m0/s1. The first-order chi connectivity index (χ1) is 11.2. The van der Waals surface area contributed by atoms with Crippen LogP contribution in [0.3, 0.4) is 0 Å². The number of benzene rings is 1. The van der Waals surface area contributed by atoms with Gasteiger partial charge in [-0.3, -0.25) is 23.9 Å². The number of aromatic amines is 1. The molecule has 1 heterocycles. The molecule has 24 heavy (non-hydrogen) atoms. The number of hydrogen-bond acceptors (Lipinski definition) is 5. The maximum absolute atomic E-state index is 12.0. The van der Waals surface area contributed by atoms with Crippen molar-refractivity contribution in [3.8, 4) is 0 Å². The fraction of sp³-hybridized carbons (Fsp3) is 0.231. The Morgan fingerprint density at radius 1 is 1.33 bits per heavy atom. The maximum atomic E-state index is 12.0. The fourth-order valence-electron chi connectivity index (χ4n) is 2.00. The van der Waals surface area contributed by atoms with Gasteiger partial charge in [0.25, 0.3) is 5.56 Å². The zero-order valence-electron chi connectivity index (χ0n) is 12.0. The molecule has 9 nitrogen and oxygen atoms in total. The molecule has 0 saturated heterocycles. The number of rotatable bonds is 5. The van der Waals surface area contributed by atoms with Crippen molar-refractivity contribution >= 4 is 46.0 Å². The molecule has 0 spiro atoms. The number of nitrogens with two attached hydrogens (primary N) is 1. The van der Waals surface area contributed by atoms with E-state index in [9.17, 15) is 19.2 Å². The summed E-state index contributed by atoms with van der Waals surface area (Å²) in [5.41, 5.74) is 3.82. The number of fused-ring (bicyclic) bond motifs is 1. The Labute approximate surface area is 144 Å². The monoisotopic (exact) mass is 374 g/mol. The summed E-state index contributed by atoms with van der Waals surface area (Å²) in [6.07, 6.45) is 0. The van der Waals surface area contributed by atoms with Crippen molar-refractivity contribution in [2.45, 2.75) is 12.6 Å². The third-order valence-electron chi connectivity index (χ3n) is 3.16. The van der Waals surface area contributed by atoms with E-state index >= 15 is 0 Å². The summed E-state index contributed by atoms with van der Waals surface area (Å²) in [5.74, 6) is -1.95. The molecule has 11 heteroatoms. The number of hydrogen-bond donors (Lipinski definition) is 4. The van der Waals surface area contributed by atoms with Gasteiger partial charge in [0.1, 0.15) is 12.6 Å². The smallest absolute Gasteiger partial charge is 0.329 e. The molecule has 1 aromatic heterocycles. The number of aliphatic carboxylic acids is 1. The number of halogens is 2. The van der Waals surface area contributed by atoms with Crippen molar-refractivity contribution in [2.24, 2.45) is 5.73 Å². The number of carbonyl (C=O) groups excluding carboxylic acids is 1. The predicted molar refractivity (Wildman–Crippen MR) is 87.5 cm³/mol. The first-order valence-corrected chi connectivity index (χ1v) is 7.33. The van der Waals surface area contributed by atoms with Gasteiger partial charge in [-0.15, -0.1) is 0 Å². The van der Waals surface area contributed by atoms with Gasteiger partial charge in [0, 0.05) is 11.6 Å². The SMILES string of the molecule is N[C@@H](CNC(=O)Cn1c(=O)[nH]c(=O)c2c(Cl)cc(Cl)cc21)C(=O)O. The Morgan fingerprint density at radius 2 is 2.00 bits per heavy atom. The number of H-pyrrole nitrogens is 1. The van der Waals surface area contributed by atoms with Crippen molar-refractivity contribution in [1.29, 1.82) is 0 Å². The Balaban J connectivity index is 2.39. The lowest BCUT2D eigenvalue weighted by Crippen LogP contribution is -2.44. The van der Waals surface area contributed by atoms with E-state index in [0.717, 1.165) is 4.57 Å². The molecule has 0 saturated carbocycles. The van der Waals surface area contributed by atoms with E-state index < -0.39 is 35.7 Å². The average molecular weight is 375 g/mol. The summed E-state index contributed by atoms with van der Waals surface area (Å²) >= 11 is 11.8. The number of amides is 1. The first-order valence-electron chi connectivity index (χ1n) is 6.57. The molecule has 0 aliphatic rings. The van der Waals surface area contributed by atoms with Crippen molar-refractivity contribution in [3.05, 3.63) is 43.0 Å². The highest BCUT2D eigenvalue weighted by Crippen LogP contribution is 2.24. The minimum Gasteiger partial charge on any atom is -0.480 e. The van der Waals surface area contributed by atoms with Crippen LogP contribution in [0.5, 0.6) is 0 Å². The van der Waals surface area contributed by atoms with Gasteiger partial charge < -0.3 is 16.2 Å². The predicted octanol–water partition coefficient (Wildman–Crippen LogP) is -0.475. The van der Waals surface area contributed by atoms with Crippen LogP contribution in [-0.2, 0) is 16.1 Å². The molecule has 0 radical (unpaired) electrons. The highest BCUT2D eigenvalue weighted by Gasteiger charge is 2.16. The van der Waals surface area contributed by atoms with Crippen LogP contribution in [0.15, 0.2) is 21.7 Å². The Morgan fingerprint density at radius 3 is 2.62 bits per heavy atom. The molecule has 0 unspecified atom stereocenters. The summed E-state index contributed by atoms with van der Waals surface area (Å²) in [4.78, 5) is 48.4. The van der Waals surface area contributed by atoms with Gasteiger partial charge in [-0.2, -0.15) is 0 Å². The third kappa shape index (κ3) is 3.75. The molecule has 2 aromatic rings. The van der Waals surface area contributed by atoms with Crippen molar-refractivity contribution in [2.75, 3.05) is 6.54 Å². The van der Waals surface area contributed by atoms with Crippen LogP contribution in [-0.4, -0.2) is 39.1 Å². The van der Waals surface area contributed by atoms with E-state index in [4.69, 9.17) is 34.0 Å². The van der Waals surface area contributed by atoms with Gasteiger partial charge in [0.05, 0.1) is 15.9 Å². The van der Waals surface area contributed by atoms with E-state index in [-0.39, 0.29) is 27.5 Å². The minimum absolute atomic E-state index is 0.00991. The molecule has 1 aromatic carbocycles. The summed E-state index contributed by atoms with van der Waals surface area (Å²) < 4.78 is 0.968. The number of carboxylic acids is 1. The van der Waals surface area contributed by atoms with Gasteiger partial charge in [-0.1, -0.05) is 23.2 Å². The van der Waals surface area contributed by atoms with Crippen LogP contribution < -0.4 is 22.3 Å². The van der Waals surface area contributed by atoms with Gasteiger partial charge in [-0.05, 0) is 12.1 Å². The van der Waals surface area contributed by atoms with Gasteiger partial charge in [-0.25, -0.2) is 4.79 Å². The van der Waals surface area contributed by atoms with Crippen molar-refractivity contribution < 1.29 is 14.7 Å². The Kier molecular flexibility index (Phi) is 5.27. The molecule has 5 N–H and O–H groups in total. The molecule has 0 aliphatic heterocycles. The van der Waals surface area contributed by atoms with E-state index in [1.165, 1.54) is 12.1 Å². The van der Waals surface area contributed by atoms with Crippen LogP contribution in [0.25, 0.3) is 10.9 Å². The van der Waals surface area contributed by atoms with Crippen molar-refractivity contribution in [1.82, 2.24) is 14.9 Å². The van der Waals surface area contributed by atoms with Crippen LogP contribution in [0.4, 0.5) is 0 Å².